The molecule has 0 aromatic rings. The number of rotatable bonds is 17. The van der Waals surface area contributed by atoms with Crippen molar-refractivity contribution in [1.82, 2.24) is 10.2 Å². The molecule has 0 aromatic carbocycles. The normalized spacial score (nSPS) is 16.9. The first kappa shape index (κ1) is 22.1. The first-order valence-electron chi connectivity index (χ1n) is 10.8. The van der Waals surface area contributed by atoms with Crippen LogP contribution in [0.15, 0.2) is 24.6 Å². The summed E-state index contributed by atoms with van der Waals surface area (Å²) in [6, 6.07) is 0. The van der Waals surface area contributed by atoms with Gasteiger partial charge in [0, 0.05) is 18.9 Å². The topological polar surface area (TPSA) is 35.5 Å². The highest BCUT2D eigenvalue weighted by atomic mass is 16.3. The molecule has 3 heteroatoms. The Balaban J connectivity index is 1.81. The Morgan fingerprint density at radius 1 is 0.880 bits per heavy atom. The summed E-state index contributed by atoms with van der Waals surface area (Å²) in [5, 5.41) is 12.3. The zero-order valence-electron chi connectivity index (χ0n) is 16.6. The smallest absolute Gasteiger partial charge is 0.118 e. The van der Waals surface area contributed by atoms with E-state index in [0.29, 0.717) is 6.54 Å². The SMILES string of the molecule is CCCCCCCCCCCCCCCC=CC1NC=CN1CCO. The molecule has 1 rings (SSSR count). The Morgan fingerprint density at radius 2 is 1.44 bits per heavy atom. The van der Waals surface area contributed by atoms with E-state index in [1.165, 1.54) is 89.9 Å². The van der Waals surface area contributed by atoms with Crippen LogP contribution in [0, 0.1) is 0 Å². The summed E-state index contributed by atoms with van der Waals surface area (Å²) < 4.78 is 0. The van der Waals surface area contributed by atoms with Crippen LogP contribution in [0.5, 0.6) is 0 Å². The van der Waals surface area contributed by atoms with Gasteiger partial charge in [-0.1, -0.05) is 90.0 Å². The Labute approximate surface area is 156 Å². The summed E-state index contributed by atoms with van der Waals surface area (Å²) in [5.41, 5.74) is 0. The Morgan fingerprint density at radius 3 is 2.00 bits per heavy atom. The molecule has 1 aliphatic rings. The molecule has 3 nitrogen and oxygen atoms in total. The second-order valence-electron chi connectivity index (χ2n) is 7.35. The van der Waals surface area contributed by atoms with Gasteiger partial charge < -0.3 is 15.3 Å². The molecule has 0 aromatic heterocycles. The van der Waals surface area contributed by atoms with E-state index >= 15 is 0 Å². The van der Waals surface area contributed by atoms with Gasteiger partial charge in [-0.3, -0.25) is 0 Å². The zero-order valence-corrected chi connectivity index (χ0v) is 16.6. The van der Waals surface area contributed by atoms with Gasteiger partial charge in [0.2, 0.25) is 0 Å². The Bertz CT molecular complexity index is 341. The van der Waals surface area contributed by atoms with Crippen LogP contribution in [0.4, 0.5) is 0 Å². The third-order valence-corrected chi connectivity index (χ3v) is 5.04. The van der Waals surface area contributed by atoms with Gasteiger partial charge in [0.25, 0.3) is 0 Å². The molecular formula is C22H42N2O. The zero-order chi connectivity index (χ0) is 18.0. The number of hydrogen-bond acceptors (Lipinski definition) is 3. The molecule has 1 heterocycles. The second kappa shape index (κ2) is 16.5. The summed E-state index contributed by atoms with van der Waals surface area (Å²) in [7, 11) is 0. The number of allylic oxidation sites excluding steroid dienone is 1. The molecule has 146 valence electrons. The minimum Gasteiger partial charge on any atom is -0.395 e. The van der Waals surface area contributed by atoms with Crippen LogP contribution in [-0.4, -0.2) is 29.3 Å². The first-order valence-corrected chi connectivity index (χ1v) is 10.8. The Hall–Kier alpha value is -0.960. The molecule has 0 fully saturated rings. The van der Waals surface area contributed by atoms with E-state index < -0.39 is 0 Å². The number of aliphatic hydroxyl groups excluding tert-OH is 1. The molecule has 0 saturated carbocycles. The summed E-state index contributed by atoms with van der Waals surface area (Å²) in [6.07, 6.45) is 28.2. The highest BCUT2D eigenvalue weighted by Gasteiger charge is 2.13. The lowest BCUT2D eigenvalue weighted by Gasteiger charge is -2.21. The van der Waals surface area contributed by atoms with E-state index in [4.69, 9.17) is 5.11 Å². The lowest BCUT2D eigenvalue weighted by molar-refractivity contribution is 0.220. The van der Waals surface area contributed by atoms with Crippen molar-refractivity contribution in [3.8, 4) is 0 Å². The minimum atomic E-state index is 0.204. The molecule has 0 amide bonds. The average Bonchev–Trinajstić information content (AvgIpc) is 3.06. The lowest BCUT2D eigenvalue weighted by Crippen LogP contribution is -2.35. The molecule has 0 aliphatic carbocycles. The van der Waals surface area contributed by atoms with Gasteiger partial charge in [0.05, 0.1) is 6.61 Å². The van der Waals surface area contributed by atoms with E-state index in [2.05, 4.69) is 29.3 Å². The molecule has 1 aliphatic heterocycles. The standard InChI is InChI=1S/C22H42N2O/c1-2-3-4-5-6-7-8-9-10-11-12-13-14-15-16-17-22-23-18-19-24(22)20-21-25/h16-19,22-23,25H,2-15,20-21H2,1H3. The van der Waals surface area contributed by atoms with Crippen molar-refractivity contribution >= 4 is 0 Å². The van der Waals surface area contributed by atoms with Gasteiger partial charge in [-0.25, -0.2) is 0 Å². The maximum atomic E-state index is 9.02. The van der Waals surface area contributed by atoms with Crippen molar-refractivity contribution in [2.45, 2.75) is 103 Å². The van der Waals surface area contributed by atoms with Crippen molar-refractivity contribution in [2.24, 2.45) is 0 Å². The van der Waals surface area contributed by atoms with Crippen molar-refractivity contribution in [2.75, 3.05) is 13.2 Å². The van der Waals surface area contributed by atoms with Crippen LogP contribution in [0.2, 0.25) is 0 Å². The lowest BCUT2D eigenvalue weighted by atomic mass is 10.0. The van der Waals surface area contributed by atoms with Crippen LogP contribution >= 0.6 is 0 Å². The third-order valence-electron chi connectivity index (χ3n) is 5.04. The van der Waals surface area contributed by atoms with E-state index in [1.54, 1.807) is 0 Å². The van der Waals surface area contributed by atoms with E-state index in [0.717, 1.165) is 0 Å². The van der Waals surface area contributed by atoms with E-state index in [9.17, 15) is 0 Å². The first-order chi connectivity index (χ1) is 12.4. The number of aliphatic hydroxyl groups is 1. The highest BCUT2D eigenvalue weighted by Crippen LogP contribution is 2.13. The molecule has 25 heavy (non-hydrogen) atoms. The summed E-state index contributed by atoms with van der Waals surface area (Å²) >= 11 is 0. The van der Waals surface area contributed by atoms with Crippen LogP contribution in [0.1, 0.15) is 96.8 Å². The van der Waals surface area contributed by atoms with Crippen LogP contribution < -0.4 is 5.32 Å². The van der Waals surface area contributed by atoms with Gasteiger partial charge >= 0.3 is 0 Å². The Kier molecular flexibility index (Phi) is 14.6. The van der Waals surface area contributed by atoms with E-state index in [-0.39, 0.29) is 12.8 Å². The maximum absolute atomic E-state index is 9.02. The molecule has 0 saturated heterocycles. The van der Waals surface area contributed by atoms with Crippen LogP contribution in [-0.2, 0) is 0 Å². The van der Waals surface area contributed by atoms with Gasteiger partial charge in [-0.05, 0) is 18.9 Å². The number of nitrogens with one attached hydrogen (secondary N) is 1. The number of nitrogens with zero attached hydrogens (tertiary/aromatic N) is 1. The average molecular weight is 351 g/mol. The molecule has 0 bridgehead atoms. The quantitative estimate of drug-likeness (QED) is 0.260. The van der Waals surface area contributed by atoms with Crippen molar-refractivity contribution < 1.29 is 5.11 Å². The maximum Gasteiger partial charge on any atom is 0.118 e. The molecule has 1 atom stereocenters. The minimum absolute atomic E-state index is 0.204. The summed E-state index contributed by atoms with van der Waals surface area (Å²) in [5.74, 6) is 0. The van der Waals surface area contributed by atoms with Gasteiger partial charge in [-0.15, -0.1) is 0 Å². The predicted molar refractivity (Wildman–Crippen MR) is 109 cm³/mol. The van der Waals surface area contributed by atoms with Gasteiger partial charge in [0.15, 0.2) is 0 Å². The largest absolute Gasteiger partial charge is 0.395 e. The van der Waals surface area contributed by atoms with E-state index in [1.807, 2.05) is 12.4 Å². The van der Waals surface area contributed by atoms with Gasteiger partial charge in [-0.2, -0.15) is 0 Å². The van der Waals surface area contributed by atoms with Crippen molar-refractivity contribution in [1.29, 1.82) is 0 Å². The molecule has 2 N–H and O–H groups in total. The fourth-order valence-corrected chi connectivity index (χ4v) is 3.43. The fraction of sp³-hybridized carbons (Fsp3) is 0.818. The third kappa shape index (κ3) is 12.1. The predicted octanol–water partition coefficient (Wildman–Crippen LogP) is 5.72. The van der Waals surface area contributed by atoms with Crippen molar-refractivity contribution in [3.05, 3.63) is 24.6 Å². The summed E-state index contributed by atoms with van der Waals surface area (Å²) in [4.78, 5) is 2.13. The molecule has 1 unspecified atom stereocenters. The molecular weight excluding hydrogens is 308 g/mol. The highest BCUT2D eigenvalue weighted by molar-refractivity contribution is 5.04. The van der Waals surface area contributed by atoms with Gasteiger partial charge in [0.1, 0.15) is 6.17 Å². The van der Waals surface area contributed by atoms with Crippen LogP contribution in [0.25, 0.3) is 0 Å². The fourth-order valence-electron chi connectivity index (χ4n) is 3.43. The second-order valence-corrected chi connectivity index (χ2v) is 7.35. The monoisotopic (exact) mass is 350 g/mol. The number of β-amino-alcohol motifs (C(OH)–C–C–N with tert-alkyl or cyclic N) is 1. The number of hydrogen-bond donors (Lipinski definition) is 2. The summed E-state index contributed by atoms with van der Waals surface area (Å²) in [6.45, 7) is 3.18. The van der Waals surface area contributed by atoms with Crippen LogP contribution in [0.3, 0.4) is 0 Å². The molecule has 0 radical (unpaired) electrons. The van der Waals surface area contributed by atoms with Crippen molar-refractivity contribution in [3.63, 3.8) is 0 Å². The number of unbranched alkanes of at least 4 members (excludes halogenated alkanes) is 13. The molecule has 0 spiro atoms.